The van der Waals surface area contributed by atoms with Crippen molar-refractivity contribution in [1.82, 2.24) is 9.97 Å². The van der Waals surface area contributed by atoms with Crippen LogP contribution in [0.4, 0.5) is 0 Å². The number of aromatic nitrogens is 2. The van der Waals surface area contributed by atoms with Crippen LogP contribution in [0.5, 0.6) is 0 Å². The zero-order valence-electron chi connectivity index (χ0n) is 7.74. The molecule has 0 aromatic carbocycles. The topological polar surface area (TPSA) is 61.0 Å². The van der Waals surface area contributed by atoms with Crippen LogP contribution in [0.1, 0.15) is 12.1 Å². The second-order valence-corrected chi connectivity index (χ2v) is 4.36. The Morgan fingerprint density at radius 3 is 3.07 bits per heavy atom. The molecule has 1 atom stereocenters. The first kappa shape index (κ1) is 10.0. The summed E-state index contributed by atoms with van der Waals surface area (Å²) < 4.78 is 6.31. The summed E-state index contributed by atoms with van der Waals surface area (Å²) in [5, 5.41) is 0. The Bertz CT molecular complexity index is 326. The van der Waals surface area contributed by atoms with Gasteiger partial charge >= 0.3 is 0 Å². The van der Waals surface area contributed by atoms with Crippen LogP contribution in [0.2, 0.25) is 0 Å². The Kier molecular flexibility index (Phi) is 2.80. The lowest BCUT2D eigenvalue weighted by molar-refractivity contribution is 0.177. The largest absolute Gasteiger partial charge is 0.380 e. The summed E-state index contributed by atoms with van der Waals surface area (Å²) >= 11 is 3.45. The second-order valence-electron chi connectivity index (χ2n) is 3.51. The van der Waals surface area contributed by atoms with Crippen LogP contribution in [0, 0.1) is 0 Å². The van der Waals surface area contributed by atoms with Crippen LogP contribution < -0.4 is 5.73 Å². The van der Waals surface area contributed by atoms with Crippen molar-refractivity contribution in [3.05, 3.63) is 22.7 Å². The van der Waals surface area contributed by atoms with Crippen molar-refractivity contribution in [1.29, 1.82) is 0 Å². The molecule has 2 heterocycles. The molecule has 76 valence electrons. The molecule has 2 rings (SSSR count). The predicted molar refractivity (Wildman–Crippen MR) is 55.9 cm³/mol. The van der Waals surface area contributed by atoms with E-state index < -0.39 is 0 Å². The molecule has 1 aliphatic rings. The van der Waals surface area contributed by atoms with E-state index in [0.29, 0.717) is 13.2 Å². The third kappa shape index (κ3) is 1.55. The molecule has 0 radical (unpaired) electrons. The summed E-state index contributed by atoms with van der Waals surface area (Å²) in [6, 6.07) is 0. The van der Waals surface area contributed by atoms with Crippen molar-refractivity contribution in [3.63, 3.8) is 0 Å². The van der Waals surface area contributed by atoms with E-state index in [0.717, 1.165) is 23.2 Å². The van der Waals surface area contributed by atoms with Gasteiger partial charge < -0.3 is 10.5 Å². The van der Waals surface area contributed by atoms with E-state index in [1.54, 1.807) is 12.5 Å². The Morgan fingerprint density at radius 1 is 1.64 bits per heavy atom. The fourth-order valence-corrected chi connectivity index (χ4v) is 2.40. The third-order valence-corrected chi connectivity index (χ3v) is 3.24. The van der Waals surface area contributed by atoms with Crippen molar-refractivity contribution >= 4 is 15.9 Å². The Hall–Kier alpha value is -0.520. The number of rotatable bonds is 2. The van der Waals surface area contributed by atoms with Gasteiger partial charge in [-0.1, -0.05) is 0 Å². The molecule has 5 heteroatoms. The fourth-order valence-electron chi connectivity index (χ4n) is 1.75. The second kappa shape index (κ2) is 3.92. The zero-order chi connectivity index (χ0) is 10.0. The summed E-state index contributed by atoms with van der Waals surface area (Å²) in [4.78, 5) is 8.23. The van der Waals surface area contributed by atoms with Gasteiger partial charge in [0.25, 0.3) is 0 Å². The molecule has 0 spiro atoms. The predicted octanol–water partition coefficient (Wildman–Crippen LogP) is 0.856. The lowest BCUT2D eigenvalue weighted by Gasteiger charge is -2.25. The number of nitrogens with two attached hydrogens (primary N) is 1. The molecule has 0 aliphatic carbocycles. The quantitative estimate of drug-likeness (QED) is 0.854. The van der Waals surface area contributed by atoms with Gasteiger partial charge in [-0.3, -0.25) is 0 Å². The summed E-state index contributed by atoms with van der Waals surface area (Å²) in [6.45, 7) is 1.97. The van der Waals surface area contributed by atoms with Crippen molar-refractivity contribution in [2.75, 3.05) is 19.8 Å². The van der Waals surface area contributed by atoms with Gasteiger partial charge in [-0.2, -0.15) is 0 Å². The molecule has 14 heavy (non-hydrogen) atoms. The van der Waals surface area contributed by atoms with Crippen LogP contribution in [-0.2, 0) is 10.2 Å². The van der Waals surface area contributed by atoms with Crippen molar-refractivity contribution in [2.24, 2.45) is 5.73 Å². The SMILES string of the molecule is NCC1(c2ncncc2Br)CCOC1. The minimum absolute atomic E-state index is 0.123. The first-order valence-corrected chi connectivity index (χ1v) is 5.32. The van der Waals surface area contributed by atoms with Gasteiger partial charge in [-0.15, -0.1) is 0 Å². The zero-order valence-corrected chi connectivity index (χ0v) is 9.33. The minimum Gasteiger partial charge on any atom is -0.380 e. The molecule has 2 N–H and O–H groups in total. The maximum absolute atomic E-state index is 5.81. The van der Waals surface area contributed by atoms with Gasteiger partial charge in [-0.05, 0) is 22.4 Å². The van der Waals surface area contributed by atoms with Gasteiger partial charge in [0.15, 0.2) is 0 Å². The summed E-state index contributed by atoms with van der Waals surface area (Å²) in [6.07, 6.45) is 4.23. The molecule has 0 bridgehead atoms. The number of nitrogens with zero attached hydrogens (tertiary/aromatic N) is 2. The highest BCUT2D eigenvalue weighted by Gasteiger charge is 2.38. The van der Waals surface area contributed by atoms with Crippen molar-refractivity contribution in [2.45, 2.75) is 11.8 Å². The Labute approximate surface area is 91.0 Å². The molecule has 4 nitrogen and oxygen atoms in total. The van der Waals surface area contributed by atoms with Crippen LogP contribution in [0.15, 0.2) is 17.0 Å². The average Bonchev–Trinajstić information content (AvgIpc) is 2.68. The molecule has 1 aromatic heterocycles. The van der Waals surface area contributed by atoms with E-state index >= 15 is 0 Å². The van der Waals surface area contributed by atoms with Gasteiger partial charge in [0.05, 0.1) is 22.2 Å². The van der Waals surface area contributed by atoms with Crippen molar-refractivity contribution < 1.29 is 4.74 Å². The molecule has 1 unspecified atom stereocenters. The minimum atomic E-state index is -0.123. The van der Waals surface area contributed by atoms with E-state index in [9.17, 15) is 0 Å². The molecule has 0 saturated carbocycles. The van der Waals surface area contributed by atoms with Crippen LogP contribution >= 0.6 is 15.9 Å². The standard InChI is InChI=1S/C9H12BrN3O/c10-7-3-12-6-13-8(7)9(4-11)1-2-14-5-9/h3,6H,1-2,4-5,11H2. The maximum atomic E-state index is 5.81. The van der Waals surface area contributed by atoms with E-state index in [1.807, 2.05) is 0 Å². The highest BCUT2D eigenvalue weighted by atomic mass is 79.9. The Morgan fingerprint density at radius 2 is 2.50 bits per heavy atom. The molecule has 1 fully saturated rings. The van der Waals surface area contributed by atoms with Crippen LogP contribution in [0.3, 0.4) is 0 Å². The first-order valence-electron chi connectivity index (χ1n) is 4.52. The van der Waals surface area contributed by atoms with Crippen molar-refractivity contribution in [3.8, 4) is 0 Å². The smallest absolute Gasteiger partial charge is 0.115 e. The van der Waals surface area contributed by atoms with Crippen LogP contribution in [0.25, 0.3) is 0 Å². The van der Waals surface area contributed by atoms with E-state index in [-0.39, 0.29) is 5.41 Å². The fraction of sp³-hybridized carbons (Fsp3) is 0.556. The summed E-state index contributed by atoms with van der Waals surface area (Å²) in [7, 11) is 0. The molecule has 1 aromatic rings. The normalized spacial score (nSPS) is 26.7. The summed E-state index contributed by atoms with van der Waals surface area (Å²) in [5.74, 6) is 0. The first-order chi connectivity index (χ1) is 6.78. The highest BCUT2D eigenvalue weighted by molar-refractivity contribution is 9.10. The summed E-state index contributed by atoms with van der Waals surface area (Å²) in [5.41, 5.74) is 6.65. The molecule has 0 amide bonds. The number of ether oxygens (including phenoxy) is 1. The Balaban J connectivity index is 2.41. The van der Waals surface area contributed by atoms with Gasteiger partial charge in [-0.25, -0.2) is 9.97 Å². The molecule has 1 saturated heterocycles. The highest BCUT2D eigenvalue weighted by Crippen LogP contribution is 2.34. The molecular formula is C9H12BrN3O. The monoisotopic (exact) mass is 257 g/mol. The maximum Gasteiger partial charge on any atom is 0.115 e. The van der Waals surface area contributed by atoms with Gasteiger partial charge in [0, 0.05) is 19.3 Å². The number of halogens is 1. The van der Waals surface area contributed by atoms with E-state index in [1.165, 1.54) is 0 Å². The van der Waals surface area contributed by atoms with Gasteiger partial charge in [0.2, 0.25) is 0 Å². The van der Waals surface area contributed by atoms with E-state index in [4.69, 9.17) is 10.5 Å². The van der Waals surface area contributed by atoms with Crippen LogP contribution in [-0.4, -0.2) is 29.7 Å². The van der Waals surface area contributed by atoms with Gasteiger partial charge in [0.1, 0.15) is 6.33 Å². The van der Waals surface area contributed by atoms with E-state index in [2.05, 4.69) is 25.9 Å². The average molecular weight is 258 g/mol. The number of hydrogen-bond acceptors (Lipinski definition) is 4. The lowest BCUT2D eigenvalue weighted by atomic mass is 9.84. The lowest BCUT2D eigenvalue weighted by Crippen LogP contribution is -2.36. The molecule has 1 aliphatic heterocycles. The molecular weight excluding hydrogens is 246 g/mol. The third-order valence-electron chi connectivity index (χ3n) is 2.66. The number of hydrogen-bond donors (Lipinski definition) is 1.